The fourth-order valence-electron chi connectivity index (χ4n) is 2.06. The van der Waals surface area contributed by atoms with Crippen LogP contribution in [0.1, 0.15) is 5.56 Å². The second kappa shape index (κ2) is 8.81. The molecule has 2 aromatic rings. The van der Waals surface area contributed by atoms with E-state index in [0.29, 0.717) is 29.3 Å². The van der Waals surface area contributed by atoms with Gasteiger partial charge in [-0.25, -0.2) is 0 Å². The van der Waals surface area contributed by atoms with E-state index in [4.69, 9.17) is 25.7 Å². The Bertz CT molecular complexity index is 594. The SMILES string of the molecule is COCOCCc1ccccc1B(O)Oc1cccc(Cl)c1. The molecule has 0 aliphatic heterocycles. The van der Waals surface area contributed by atoms with Crippen molar-refractivity contribution in [2.24, 2.45) is 0 Å². The third-order valence-corrected chi connectivity index (χ3v) is 3.32. The molecule has 0 heterocycles. The minimum atomic E-state index is -1.06. The van der Waals surface area contributed by atoms with Crippen LogP contribution >= 0.6 is 11.6 Å². The molecule has 0 spiro atoms. The van der Waals surface area contributed by atoms with E-state index in [1.54, 1.807) is 31.4 Å². The Balaban J connectivity index is 2.03. The monoisotopic (exact) mass is 320 g/mol. The van der Waals surface area contributed by atoms with E-state index >= 15 is 0 Å². The lowest BCUT2D eigenvalue weighted by molar-refractivity contribution is -0.0291. The van der Waals surface area contributed by atoms with Gasteiger partial charge < -0.3 is 19.2 Å². The fraction of sp³-hybridized carbons (Fsp3) is 0.250. The van der Waals surface area contributed by atoms with Crippen LogP contribution in [0.15, 0.2) is 48.5 Å². The summed E-state index contributed by atoms with van der Waals surface area (Å²) in [5, 5.41) is 10.9. The number of halogens is 1. The molecule has 0 atom stereocenters. The van der Waals surface area contributed by atoms with Gasteiger partial charge in [0.05, 0.1) is 6.61 Å². The van der Waals surface area contributed by atoms with Gasteiger partial charge in [0.1, 0.15) is 12.5 Å². The summed E-state index contributed by atoms with van der Waals surface area (Å²) in [7, 11) is 0.522. The van der Waals surface area contributed by atoms with Crippen LogP contribution in [0.25, 0.3) is 0 Å². The van der Waals surface area contributed by atoms with Gasteiger partial charge in [-0.2, -0.15) is 0 Å². The third-order valence-electron chi connectivity index (χ3n) is 3.08. The molecule has 0 saturated carbocycles. The first-order chi connectivity index (χ1) is 10.7. The molecule has 6 heteroatoms. The van der Waals surface area contributed by atoms with Crippen molar-refractivity contribution in [3.63, 3.8) is 0 Å². The topological polar surface area (TPSA) is 47.9 Å². The lowest BCUT2D eigenvalue weighted by Crippen LogP contribution is -2.39. The molecule has 0 aliphatic rings. The van der Waals surface area contributed by atoms with E-state index in [1.807, 2.05) is 24.3 Å². The van der Waals surface area contributed by atoms with Crippen molar-refractivity contribution in [2.45, 2.75) is 6.42 Å². The number of rotatable bonds is 8. The number of hydrogen-bond donors (Lipinski definition) is 1. The Kier molecular flexibility index (Phi) is 6.74. The highest BCUT2D eigenvalue weighted by Gasteiger charge is 2.22. The van der Waals surface area contributed by atoms with Crippen LogP contribution in [0.2, 0.25) is 5.02 Å². The zero-order valence-corrected chi connectivity index (χ0v) is 13.1. The molecule has 0 aliphatic carbocycles. The van der Waals surface area contributed by atoms with Gasteiger partial charge in [-0.3, -0.25) is 0 Å². The number of benzene rings is 2. The van der Waals surface area contributed by atoms with Crippen LogP contribution in [0.3, 0.4) is 0 Å². The summed E-state index contributed by atoms with van der Waals surface area (Å²) in [6.07, 6.45) is 0.662. The first-order valence-electron chi connectivity index (χ1n) is 6.95. The molecule has 22 heavy (non-hydrogen) atoms. The molecule has 4 nitrogen and oxygen atoms in total. The predicted octanol–water partition coefficient (Wildman–Crippen LogP) is 2.27. The van der Waals surface area contributed by atoms with Crippen molar-refractivity contribution >= 4 is 24.2 Å². The van der Waals surface area contributed by atoms with Crippen molar-refractivity contribution < 1.29 is 19.2 Å². The standard InChI is InChI=1S/C16H18BClO4/c1-20-12-21-10-9-13-5-2-3-8-16(13)17(19)22-15-7-4-6-14(18)11-15/h2-8,11,19H,9-10,12H2,1H3. The third kappa shape index (κ3) is 5.03. The quantitative estimate of drug-likeness (QED) is 0.460. The highest BCUT2D eigenvalue weighted by molar-refractivity contribution is 6.61. The van der Waals surface area contributed by atoms with E-state index in [0.717, 1.165) is 5.56 Å². The summed E-state index contributed by atoms with van der Waals surface area (Å²) in [6.45, 7) is 0.762. The van der Waals surface area contributed by atoms with Gasteiger partial charge in [0.25, 0.3) is 0 Å². The molecular weight excluding hydrogens is 302 g/mol. The largest absolute Gasteiger partial charge is 0.560 e. The summed E-state index contributed by atoms with van der Waals surface area (Å²) in [5.41, 5.74) is 1.68. The molecular formula is C16H18BClO4. The molecule has 1 N–H and O–H groups in total. The predicted molar refractivity (Wildman–Crippen MR) is 87.7 cm³/mol. The highest BCUT2D eigenvalue weighted by Crippen LogP contribution is 2.17. The lowest BCUT2D eigenvalue weighted by atomic mass is 9.75. The summed E-state index contributed by atoms with van der Waals surface area (Å²) in [5.74, 6) is 0.519. The second-order valence-electron chi connectivity index (χ2n) is 4.69. The molecule has 0 radical (unpaired) electrons. The van der Waals surface area contributed by atoms with Gasteiger partial charge >= 0.3 is 7.12 Å². The summed E-state index contributed by atoms with van der Waals surface area (Å²) >= 11 is 5.91. The van der Waals surface area contributed by atoms with E-state index < -0.39 is 7.12 Å². The van der Waals surface area contributed by atoms with E-state index in [-0.39, 0.29) is 6.79 Å². The minimum Gasteiger partial charge on any atom is -0.532 e. The van der Waals surface area contributed by atoms with E-state index in [1.165, 1.54) is 0 Å². The van der Waals surface area contributed by atoms with Crippen molar-refractivity contribution in [2.75, 3.05) is 20.5 Å². The van der Waals surface area contributed by atoms with Crippen molar-refractivity contribution in [3.05, 3.63) is 59.1 Å². The van der Waals surface area contributed by atoms with Crippen LogP contribution in [-0.2, 0) is 15.9 Å². The van der Waals surface area contributed by atoms with Crippen LogP contribution in [0.4, 0.5) is 0 Å². The Morgan fingerprint density at radius 3 is 2.73 bits per heavy atom. The Morgan fingerprint density at radius 2 is 1.95 bits per heavy atom. The van der Waals surface area contributed by atoms with Crippen molar-refractivity contribution in [3.8, 4) is 5.75 Å². The molecule has 0 unspecified atom stereocenters. The molecule has 116 valence electrons. The van der Waals surface area contributed by atoms with Gasteiger partial charge in [-0.15, -0.1) is 0 Å². The summed E-state index contributed by atoms with van der Waals surface area (Å²) in [4.78, 5) is 0. The smallest absolute Gasteiger partial charge is 0.532 e. The molecule has 0 bridgehead atoms. The maximum Gasteiger partial charge on any atom is 0.560 e. The Labute approximate surface area is 135 Å². The fourth-order valence-corrected chi connectivity index (χ4v) is 2.24. The first-order valence-corrected chi connectivity index (χ1v) is 7.33. The summed E-state index contributed by atoms with van der Waals surface area (Å²) < 4.78 is 15.7. The summed E-state index contributed by atoms with van der Waals surface area (Å²) in [6, 6.07) is 14.5. The minimum absolute atomic E-state index is 0.254. The van der Waals surface area contributed by atoms with Gasteiger partial charge in [-0.05, 0) is 30.2 Å². The van der Waals surface area contributed by atoms with Crippen molar-refractivity contribution in [1.29, 1.82) is 0 Å². The molecule has 2 aromatic carbocycles. The molecule has 0 fully saturated rings. The van der Waals surface area contributed by atoms with Crippen LogP contribution in [0.5, 0.6) is 5.75 Å². The zero-order valence-electron chi connectivity index (χ0n) is 12.4. The normalized spacial score (nSPS) is 10.5. The Morgan fingerprint density at radius 1 is 1.14 bits per heavy atom. The van der Waals surface area contributed by atoms with E-state index in [2.05, 4.69) is 0 Å². The lowest BCUT2D eigenvalue weighted by Gasteiger charge is -2.14. The van der Waals surface area contributed by atoms with Gasteiger partial charge in [0.15, 0.2) is 0 Å². The molecule has 0 saturated heterocycles. The van der Waals surface area contributed by atoms with Gasteiger partial charge in [-0.1, -0.05) is 41.9 Å². The zero-order chi connectivity index (χ0) is 15.8. The van der Waals surface area contributed by atoms with Gasteiger partial charge in [0, 0.05) is 17.6 Å². The van der Waals surface area contributed by atoms with Crippen LogP contribution < -0.4 is 10.1 Å². The van der Waals surface area contributed by atoms with E-state index in [9.17, 15) is 5.02 Å². The second-order valence-corrected chi connectivity index (χ2v) is 5.13. The molecule has 0 aromatic heterocycles. The number of hydrogen-bond acceptors (Lipinski definition) is 4. The maximum atomic E-state index is 10.3. The first kappa shape index (κ1) is 16.8. The van der Waals surface area contributed by atoms with Crippen LogP contribution in [0, 0.1) is 0 Å². The maximum absolute atomic E-state index is 10.3. The molecule has 0 amide bonds. The van der Waals surface area contributed by atoms with Crippen LogP contribution in [-0.4, -0.2) is 32.7 Å². The highest BCUT2D eigenvalue weighted by atomic mass is 35.5. The van der Waals surface area contributed by atoms with Crippen molar-refractivity contribution in [1.82, 2.24) is 0 Å². The average Bonchev–Trinajstić information content (AvgIpc) is 2.52. The number of methoxy groups -OCH3 is 1. The average molecular weight is 321 g/mol. The Hall–Kier alpha value is -1.53. The van der Waals surface area contributed by atoms with Gasteiger partial charge in [0.2, 0.25) is 0 Å². The molecule has 2 rings (SSSR count). The number of ether oxygens (including phenoxy) is 2.